The lowest BCUT2D eigenvalue weighted by molar-refractivity contribution is 0.700. The monoisotopic (exact) mass is 321 g/mol. The van der Waals surface area contributed by atoms with Gasteiger partial charge in [0.05, 0.1) is 17.1 Å². The Labute approximate surface area is 136 Å². The van der Waals surface area contributed by atoms with Crippen LogP contribution < -0.4 is 5.32 Å². The minimum Gasteiger partial charge on any atom is -0.340 e. The zero-order valence-electron chi connectivity index (χ0n) is 12.5. The Balaban J connectivity index is 1.63. The molecule has 0 aliphatic heterocycles. The Hall–Kier alpha value is -2.47. The Bertz CT molecular complexity index is 1020. The standard InChI is InChI=1S/C17H15N5S/c1-2-4-14-12(3-1)15-16(18-9-19-17(15)23-14)21-11-5-6-13-10(7-11)8-20-22-13/h5-9H,1-4H2,(H,20,22)(H,18,19,21). The molecule has 0 radical (unpaired) electrons. The van der Waals surface area contributed by atoms with Crippen molar-refractivity contribution in [2.75, 3.05) is 5.32 Å². The van der Waals surface area contributed by atoms with E-state index in [1.165, 1.54) is 35.1 Å². The summed E-state index contributed by atoms with van der Waals surface area (Å²) in [6, 6.07) is 6.17. The third-order valence-corrected chi connectivity index (χ3v) is 5.65. The molecule has 1 aliphatic carbocycles. The first-order valence-electron chi connectivity index (χ1n) is 7.84. The fourth-order valence-electron chi connectivity index (χ4n) is 3.34. The van der Waals surface area contributed by atoms with Crippen LogP contribution in [0.2, 0.25) is 0 Å². The molecule has 3 aromatic heterocycles. The number of aryl methyl sites for hydroxylation is 2. The quantitative estimate of drug-likeness (QED) is 0.581. The highest BCUT2D eigenvalue weighted by Crippen LogP contribution is 2.38. The SMILES string of the molecule is c1nc(Nc2ccc3[nH]ncc3c2)c2c3c(sc2n1)CCCC3. The van der Waals surface area contributed by atoms with E-state index in [2.05, 4.69) is 31.5 Å². The van der Waals surface area contributed by atoms with Crippen LogP contribution in [0, 0.1) is 0 Å². The summed E-state index contributed by atoms with van der Waals surface area (Å²) in [4.78, 5) is 11.6. The van der Waals surface area contributed by atoms with Crippen LogP contribution in [0.3, 0.4) is 0 Å². The van der Waals surface area contributed by atoms with E-state index >= 15 is 0 Å². The van der Waals surface area contributed by atoms with E-state index in [1.54, 1.807) is 6.33 Å². The lowest BCUT2D eigenvalue weighted by atomic mass is 9.97. The van der Waals surface area contributed by atoms with Gasteiger partial charge >= 0.3 is 0 Å². The van der Waals surface area contributed by atoms with Crippen LogP contribution in [-0.4, -0.2) is 20.2 Å². The number of thiophene rings is 1. The number of nitrogens with one attached hydrogen (secondary N) is 2. The fraction of sp³-hybridized carbons (Fsp3) is 0.235. The first kappa shape index (κ1) is 13.0. The van der Waals surface area contributed by atoms with E-state index in [1.807, 2.05) is 29.7 Å². The van der Waals surface area contributed by atoms with E-state index in [9.17, 15) is 0 Å². The van der Waals surface area contributed by atoms with Crippen LogP contribution in [-0.2, 0) is 12.8 Å². The Morgan fingerprint density at radius 1 is 1.13 bits per heavy atom. The molecule has 2 N–H and O–H groups in total. The molecule has 0 saturated carbocycles. The second-order valence-corrected chi connectivity index (χ2v) is 6.99. The molecule has 0 atom stereocenters. The Kier molecular flexibility index (Phi) is 2.84. The highest BCUT2D eigenvalue weighted by molar-refractivity contribution is 7.19. The van der Waals surface area contributed by atoms with E-state index in [-0.39, 0.29) is 0 Å². The van der Waals surface area contributed by atoms with Crippen molar-refractivity contribution in [2.45, 2.75) is 25.7 Å². The largest absolute Gasteiger partial charge is 0.340 e. The van der Waals surface area contributed by atoms with Gasteiger partial charge < -0.3 is 5.32 Å². The number of fused-ring (bicyclic) bond motifs is 4. The number of aromatic nitrogens is 4. The second kappa shape index (κ2) is 5.03. The molecule has 0 amide bonds. The first-order chi connectivity index (χ1) is 11.4. The average Bonchev–Trinajstić information content (AvgIpc) is 3.18. The van der Waals surface area contributed by atoms with Crippen molar-refractivity contribution < 1.29 is 0 Å². The van der Waals surface area contributed by atoms with Gasteiger partial charge in [0.2, 0.25) is 0 Å². The minimum atomic E-state index is 0.914. The normalized spacial score (nSPS) is 14.3. The number of nitrogens with zero attached hydrogens (tertiary/aromatic N) is 3. The molecule has 114 valence electrons. The number of benzene rings is 1. The molecule has 0 bridgehead atoms. The molecular weight excluding hydrogens is 306 g/mol. The summed E-state index contributed by atoms with van der Waals surface area (Å²) in [7, 11) is 0. The fourth-order valence-corrected chi connectivity index (χ4v) is 4.57. The van der Waals surface area contributed by atoms with Crippen LogP contribution in [0.25, 0.3) is 21.1 Å². The molecular formula is C17H15N5S. The lowest BCUT2D eigenvalue weighted by Crippen LogP contribution is -2.00. The third kappa shape index (κ3) is 2.09. The van der Waals surface area contributed by atoms with E-state index in [4.69, 9.17) is 0 Å². The van der Waals surface area contributed by atoms with Gasteiger partial charge in [-0.15, -0.1) is 11.3 Å². The number of aromatic amines is 1. The predicted octanol–water partition coefficient (Wildman–Crippen LogP) is 4.19. The molecule has 0 spiro atoms. The number of hydrogen-bond acceptors (Lipinski definition) is 5. The zero-order valence-corrected chi connectivity index (χ0v) is 13.3. The third-order valence-electron chi connectivity index (χ3n) is 4.45. The van der Waals surface area contributed by atoms with Crippen molar-refractivity contribution in [3.63, 3.8) is 0 Å². The Morgan fingerprint density at radius 3 is 3.09 bits per heavy atom. The molecule has 0 saturated heterocycles. The molecule has 5 nitrogen and oxygen atoms in total. The number of rotatable bonds is 2. The molecule has 1 aromatic carbocycles. The van der Waals surface area contributed by atoms with Crippen molar-refractivity contribution >= 4 is 44.0 Å². The number of anilines is 2. The molecule has 3 heterocycles. The summed E-state index contributed by atoms with van der Waals surface area (Å²) >= 11 is 1.82. The minimum absolute atomic E-state index is 0.914. The number of hydrogen-bond donors (Lipinski definition) is 2. The van der Waals surface area contributed by atoms with Gasteiger partial charge in [0, 0.05) is 16.0 Å². The van der Waals surface area contributed by atoms with Crippen molar-refractivity contribution in [3.8, 4) is 0 Å². The van der Waals surface area contributed by atoms with Crippen LogP contribution in [0.1, 0.15) is 23.3 Å². The Morgan fingerprint density at radius 2 is 2.09 bits per heavy atom. The van der Waals surface area contributed by atoms with E-state index in [0.717, 1.165) is 33.7 Å². The summed E-state index contributed by atoms with van der Waals surface area (Å²) in [6.07, 6.45) is 8.35. The van der Waals surface area contributed by atoms with Crippen LogP contribution in [0.4, 0.5) is 11.5 Å². The molecule has 0 fully saturated rings. The summed E-state index contributed by atoms with van der Waals surface area (Å²) < 4.78 is 0. The van der Waals surface area contributed by atoms with Gasteiger partial charge in [-0.25, -0.2) is 9.97 Å². The van der Waals surface area contributed by atoms with Gasteiger partial charge in [-0.2, -0.15) is 5.10 Å². The van der Waals surface area contributed by atoms with Crippen molar-refractivity contribution in [1.29, 1.82) is 0 Å². The summed E-state index contributed by atoms with van der Waals surface area (Å²) in [5.74, 6) is 0.914. The topological polar surface area (TPSA) is 66.5 Å². The zero-order chi connectivity index (χ0) is 15.2. The van der Waals surface area contributed by atoms with E-state index < -0.39 is 0 Å². The maximum atomic E-state index is 4.51. The summed E-state index contributed by atoms with van der Waals surface area (Å²) in [5, 5.41) is 12.8. The summed E-state index contributed by atoms with van der Waals surface area (Å²) in [5.41, 5.74) is 3.51. The van der Waals surface area contributed by atoms with Crippen molar-refractivity contribution in [3.05, 3.63) is 41.2 Å². The molecule has 6 heteroatoms. The maximum absolute atomic E-state index is 4.51. The van der Waals surface area contributed by atoms with Gasteiger partial charge in [0.15, 0.2) is 0 Å². The van der Waals surface area contributed by atoms with Gasteiger partial charge in [-0.3, -0.25) is 5.10 Å². The molecule has 4 aromatic rings. The van der Waals surface area contributed by atoms with E-state index in [0.29, 0.717) is 0 Å². The van der Waals surface area contributed by atoms with Crippen molar-refractivity contribution in [2.24, 2.45) is 0 Å². The highest BCUT2D eigenvalue weighted by atomic mass is 32.1. The highest BCUT2D eigenvalue weighted by Gasteiger charge is 2.19. The molecule has 0 unspecified atom stereocenters. The average molecular weight is 321 g/mol. The smallest absolute Gasteiger partial charge is 0.142 e. The lowest BCUT2D eigenvalue weighted by Gasteiger charge is -2.12. The van der Waals surface area contributed by atoms with Crippen LogP contribution >= 0.6 is 11.3 Å². The van der Waals surface area contributed by atoms with Crippen LogP contribution in [0.15, 0.2) is 30.7 Å². The second-order valence-electron chi connectivity index (χ2n) is 5.91. The van der Waals surface area contributed by atoms with Crippen molar-refractivity contribution in [1.82, 2.24) is 20.2 Å². The number of H-pyrrole nitrogens is 1. The molecule has 23 heavy (non-hydrogen) atoms. The van der Waals surface area contributed by atoms with Gasteiger partial charge in [0.1, 0.15) is 17.0 Å². The molecule has 5 rings (SSSR count). The summed E-state index contributed by atoms with van der Waals surface area (Å²) in [6.45, 7) is 0. The van der Waals surface area contributed by atoms with Crippen LogP contribution in [0.5, 0.6) is 0 Å². The van der Waals surface area contributed by atoms with Gasteiger partial charge in [-0.05, 0) is 49.4 Å². The molecule has 1 aliphatic rings. The maximum Gasteiger partial charge on any atom is 0.142 e. The first-order valence-corrected chi connectivity index (χ1v) is 8.65. The van der Waals surface area contributed by atoms with Gasteiger partial charge in [0.25, 0.3) is 0 Å². The van der Waals surface area contributed by atoms with Gasteiger partial charge in [-0.1, -0.05) is 0 Å². The predicted molar refractivity (Wildman–Crippen MR) is 93.4 cm³/mol.